The van der Waals surface area contributed by atoms with Crippen molar-refractivity contribution in [2.24, 2.45) is 10.8 Å². The minimum Gasteiger partial charge on any atom is -0.377 e. The lowest BCUT2D eigenvalue weighted by Gasteiger charge is -2.26. The van der Waals surface area contributed by atoms with Gasteiger partial charge < -0.3 is 10.3 Å². The van der Waals surface area contributed by atoms with Crippen LogP contribution >= 0.6 is 23.4 Å². The maximum absolute atomic E-state index is 13.0. The summed E-state index contributed by atoms with van der Waals surface area (Å²) in [5.41, 5.74) is 7.14. The van der Waals surface area contributed by atoms with E-state index in [1.165, 1.54) is 16.8 Å². The standard InChI is InChI=1S/C15H15ClN4O2S/c1-8-11(13(21)20-15(2,3)23-14(17)18-20)12(19-22-8)9-6-4-5-7-10(9)16/h4-7H,1-3H3,(H2,17,18). The van der Waals surface area contributed by atoms with E-state index < -0.39 is 4.87 Å². The molecule has 23 heavy (non-hydrogen) atoms. The third-order valence-corrected chi connectivity index (χ3v) is 4.75. The van der Waals surface area contributed by atoms with E-state index in [4.69, 9.17) is 21.9 Å². The zero-order chi connectivity index (χ0) is 16.8. The van der Waals surface area contributed by atoms with Crippen LogP contribution in [0.4, 0.5) is 0 Å². The number of carbonyl (C=O) groups excluding carboxylic acids is 1. The Bertz CT molecular complexity index is 816. The Morgan fingerprint density at radius 3 is 2.70 bits per heavy atom. The third-order valence-electron chi connectivity index (χ3n) is 3.46. The van der Waals surface area contributed by atoms with E-state index in [0.29, 0.717) is 32.8 Å². The van der Waals surface area contributed by atoms with Gasteiger partial charge in [-0.1, -0.05) is 46.7 Å². The lowest BCUT2D eigenvalue weighted by Crippen LogP contribution is -2.38. The summed E-state index contributed by atoms with van der Waals surface area (Å²) in [7, 11) is 0. The summed E-state index contributed by atoms with van der Waals surface area (Å²) < 4.78 is 5.24. The average molecular weight is 351 g/mol. The van der Waals surface area contributed by atoms with E-state index in [0.717, 1.165) is 0 Å². The van der Waals surface area contributed by atoms with E-state index >= 15 is 0 Å². The topological polar surface area (TPSA) is 84.7 Å². The average Bonchev–Trinajstić information content (AvgIpc) is 2.98. The number of nitrogens with two attached hydrogens (primary N) is 1. The molecule has 0 bridgehead atoms. The molecule has 1 aliphatic heterocycles. The number of hydrazone groups is 1. The van der Waals surface area contributed by atoms with Gasteiger partial charge in [0.25, 0.3) is 5.91 Å². The van der Waals surface area contributed by atoms with Gasteiger partial charge in [-0.3, -0.25) is 4.79 Å². The molecule has 8 heteroatoms. The lowest BCUT2D eigenvalue weighted by atomic mass is 10.1. The SMILES string of the molecule is Cc1onc(-c2ccccc2Cl)c1C(=O)N1N=C(N)SC1(C)C. The second kappa shape index (κ2) is 5.58. The van der Waals surface area contributed by atoms with Crippen molar-refractivity contribution in [3.63, 3.8) is 0 Å². The fraction of sp³-hybridized carbons (Fsp3) is 0.267. The Morgan fingerprint density at radius 1 is 1.39 bits per heavy atom. The van der Waals surface area contributed by atoms with Crippen LogP contribution in [0.1, 0.15) is 30.0 Å². The van der Waals surface area contributed by atoms with E-state index in [2.05, 4.69) is 10.3 Å². The van der Waals surface area contributed by atoms with Crippen molar-refractivity contribution >= 4 is 34.4 Å². The van der Waals surface area contributed by atoms with Gasteiger partial charge in [0.05, 0.1) is 5.02 Å². The van der Waals surface area contributed by atoms with Gasteiger partial charge in [0.15, 0.2) is 5.17 Å². The molecule has 0 unspecified atom stereocenters. The molecule has 0 spiro atoms. The van der Waals surface area contributed by atoms with Crippen molar-refractivity contribution in [2.45, 2.75) is 25.6 Å². The molecule has 2 aromatic rings. The van der Waals surface area contributed by atoms with Crippen LogP contribution in [0.5, 0.6) is 0 Å². The predicted octanol–water partition coefficient (Wildman–Crippen LogP) is 3.46. The van der Waals surface area contributed by atoms with Crippen molar-refractivity contribution in [1.82, 2.24) is 10.2 Å². The van der Waals surface area contributed by atoms with Crippen molar-refractivity contribution in [3.05, 3.63) is 40.6 Å². The molecule has 0 saturated heterocycles. The molecule has 1 amide bonds. The van der Waals surface area contributed by atoms with Gasteiger partial charge in [-0.05, 0) is 26.8 Å². The van der Waals surface area contributed by atoms with E-state index in [-0.39, 0.29) is 5.91 Å². The van der Waals surface area contributed by atoms with Gasteiger partial charge in [0.1, 0.15) is 21.9 Å². The summed E-state index contributed by atoms with van der Waals surface area (Å²) in [5.74, 6) is 0.0861. The largest absolute Gasteiger partial charge is 0.377 e. The minimum atomic E-state index is -0.581. The molecule has 2 heterocycles. The summed E-state index contributed by atoms with van der Waals surface area (Å²) in [6.07, 6.45) is 0. The van der Waals surface area contributed by atoms with Crippen LogP contribution in [-0.4, -0.2) is 26.1 Å². The number of amidine groups is 1. The molecule has 2 N–H and O–H groups in total. The summed E-state index contributed by atoms with van der Waals surface area (Å²) in [4.78, 5) is 12.4. The number of benzene rings is 1. The Kier molecular flexibility index (Phi) is 3.85. The fourth-order valence-electron chi connectivity index (χ4n) is 2.40. The first kappa shape index (κ1) is 15.9. The Balaban J connectivity index is 2.10. The first-order chi connectivity index (χ1) is 10.8. The summed E-state index contributed by atoms with van der Waals surface area (Å²) in [5, 5.41) is 10.3. The van der Waals surface area contributed by atoms with Crippen molar-refractivity contribution in [1.29, 1.82) is 0 Å². The molecule has 1 aromatic carbocycles. The summed E-state index contributed by atoms with van der Waals surface area (Å²) in [6.45, 7) is 5.43. The quantitative estimate of drug-likeness (QED) is 0.896. The number of carbonyl (C=O) groups is 1. The predicted molar refractivity (Wildman–Crippen MR) is 91.1 cm³/mol. The maximum Gasteiger partial charge on any atom is 0.281 e. The van der Waals surface area contributed by atoms with Crippen LogP contribution < -0.4 is 5.73 Å². The zero-order valence-corrected chi connectivity index (χ0v) is 14.4. The van der Waals surface area contributed by atoms with Gasteiger partial charge in [0.2, 0.25) is 0 Å². The molecule has 0 saturated carbocycles. The highest BCUT2D eigenvalue weighted by Gasteiger charge is 2.41. The van der Waals surface area contributed by atoms with Gasteiger partial charge in [-0.25, -0.2) is 5.01 Å². The number of hydrogen-bond donors (Lipinski definition) is 1. The third kappa shape index (κ3) is 2.70. The highest BCUT2D eigenvalue weighted by Crippen LogP contribution is 2.38. The fourth-order valence-corrected chi connectivity index (χ4v) is 3.47. The normalized spacial score (nSPS) is 16.5. The van der Waals surface area contributed by atoms with Crippen LogP contribution in [0.25, 0.3) is 11.3 Å². The Labute approximate surface area is 142 Å². The molecular formula is C15H15ClN4O2S. The number of aryl methyl sites for hydroxylation is 1. The molecule has 0 atom stereocenters. The second-order valence-corrected chi connectivity index (χ2v) is 7.57. The van der Waals surface area contributed by atoms with Crippen molar-refractivity contribution in [3.8, 4) is 11.3 Å². The molecule has 120 valence electrons. The van der Waals surface area contributed by atoms with Gasteiger partial charge in [-0.15, -0.1) is 5.10 Å². The molecule has 0 radical (unpaired) electrons. The van der Waals surface area contributed by atoms with Crippen molar-refractivity contribution < 1.29 is 9.32 Å². The Hall–Kier alpha value is -1.99. The number of halogens is 1. The van der Waals surface area contributed by atoms with Crippen molar-refractivity contribution in [2.75, 3.05) is 0 Å². The van der Waals surface area contributed by atoms with Crippen LogP contribution in [0.3, 0.4) is 0 Å². The minimum absolute atomic E-state index is 0.323. The van der Waals surface area contributed by atoms with Crippen LogP contribution in [-0.2, 0) is 0 Å². The van der Waals surface area contributed by atoms with E-state index in [9.17, 15) is 4.79 Å². The monoisotopic (exact) mass is 350 g/mol. The Morgan fingerprint density at radius 2 is 2.09 bits per heavy atom. The highest BCUT2D eigenvalue weighted by atomic mass is 35.5. The van der Waals surface area contributed by atoms with Crippen LogP contribution in [0, 0.1) is 6.92 Å². The molecule has 1 aromatic heterocycles. The second-order valence-electron chi connectivity index (χ2n) is 5.55. The molecule has 1 aliphatic rings. The molecule has 0 fully saturated rings. The first-order valence-electron chi connectivity index (χ1n) is 6.90. The van der Waals surface area contributed by atoms with Gasteiger partial charge >= 0.3 is 0 Å². The number of aromatic nitrogens is 1. The smallest absolute Gasteiger partial charge is 0.281 e. The van der Waals surface area contributed by atoms with Gasteiger partial charge in [-0.2, -0.15) is 0 Å². The van der Waals surface area contributed by atoms with Crippen LogP contribution in [0.15, 0.2) is 33.9 Å². The van der Waals surface area contributed by atoms with Gasteiger partial charge in [0, 0.05) is 5.56 Å². The molecular weight excluding hydrogens is 336 g/mol. The van der Waals surface area contributed by atoms with E-state index in [1.807, 2.05) is 26.0 Å². The molecule has 3 rings (SSSR count). The zero-order valence-electron chi connectivity index (χ0n) is 12.8. The number of rotatable bonds is 2. The summed E-state index contributed by atoms with van der Waals surface area (Å²) in [6, 6.07) is 7.16. The summed E-state index contributed by atoms with van der Waals surface area (Å²) >= 11 is 7.55. The van der Waals surface area contributed by atoms with E-state index in [1.54, 1.807) is 19.1 Å². The number of nitrogens with zero attached hydrogens (tertiary/aromatic N) is 3. The van der Waals surface area contributed by atoms with Crippen LogP contribution in [0.2, 0.25) is 5.02 Å². The maximum atomic E-state index is 13.0. The lowest BCUT2D eigenvalue weighted by molar-refractivity contribution is 0.0690. The molecule has 6 nitrogen and oxygen atoms in total. The molecule has 0 aliphatic carbocycles. The first-order valence-corrected chi connectivity index (χ1v) is 8.09. The highest BCUT2D eigenvalue weighted by molar-refractivity contribution is 8.15. The number of hydrogen-bond acceptors (Lipinski definition) is 6. The number of amides is 1. The number of thioether (sulfide) groups is 1.